The highest BCUT2D eigenvalue weighted by Gasteiger charge is 2.64. The lowest BCUT2D eigenvalue weighted by Crippen LogP contribution is -2.56. The Bertz CT molecular complexity index is 709. The molecule has 182 valence electrons. The number of allylic oxidation sites excluding steroid dienone is 1. The van der Waals surface area contributed by atoms with Crippen molar-refractivity contribution in [3.05, 3.63) is 11.6 Å². The largest absolute Gasteiger partial charge is 0.396 e. The van der Waals surface area contributed by atoms with Gasteiger partial charge in [-0.2, -0.15) is 0 Å². The summed E-state index contributed by atoms with van der Waals surface area (Å²) in [5, 5.41) is 20.3. The monoisotopic (exact) mass is 444 g/mol. The summed E-state index contributed by atoms with van der Waals surface area (Å²) in [6, 6.07) is 0. The number of carbonyl (C=O) groups excluding carboxylic acids is 1. The number of unbranched alkanes of at least 4 members (excludes halogenated alkanes) is 6. The molecule has 3 fully saturated rings. The van der Waals surface area contributed by atoms with Crippen molar-refractivity contribution >= 4 is 5.78 Å². The molecule has 0 aromatic carbocycles. The molecule has 0 aromatic heterocycles. The number of rotatable bonds is 9. The van der Waals surface area contributed by atoms with Crippen LogP contribution in [-0.2, 0) is 4.79 Å². The second kappa shape index (κ2) is 9.53. The van der Waals surface area contributed by atoms with Crippen molar-refractivity contribution in [3.8, 4) is 0 Å². The third kappa shape index (κ3) is 4.26. The second-order valence-corrected chi connectivity index (χ2v) is 12.6. The molecule has 2 N–H and O–H groups in total. The van der Waals surface area contributed by atoms with E-state index in [9.17, 15) is 9.90 Å². The Balaban J connectivity index is 1.48. The number of carbonyl (C=O) groups is 1. The quantitative estimate of drug-likeness (QED) is 0.393. The van der Waals surface area contributed by atoms with Crippen LogP contribution in [0.4, 0.5) is 0 Å². The highest BCUT2D eigenvalue weighted by atomic mass is 16.3. The highest BCUT2D eigenvalue weighted by Crippen LogP contribution is 2.69. The number of ketones is 1. The number of aliphatic hydroxyl groups excluding tert-OH is 1. The molecule has 4 aliphatic carbocycles. The molecule has 0 bridgehead atoms. The Morgan fingerprint density at radius 2 is 1.56 bits per heavy atom. The van der Waals surface area contributed by atoms with Gasteiger partial charge in [-0.1, -0.05) is 57.9 Å². The molecule has 3 nitrogen and oxygen atoms in total. The van der Waals surface area contributed by atoms with Crippen LogP contribution in [0.3, 0.4) is 0 Å². The van der Waals surface area contributed by atoms with Crippen molar-refractivity contribution in [1.29, 1.82) is 0 Å². The molecule has 4 aliphatic rings. The standard InChI is InChI=1S/C29H48O3/c1-27-15-12-23(31)20-22(27)19-21(11-9-7-5-4-6-8-10-18-30)26-24(27)13-16-28(2)25(26)14-17-29(28,3)32/h20-21,24-26,30,32H,4-19H2,1-3H3/t21-,24+,25+,26-,27+,28+,29+/m1/s1. The van der Waals surface area contributed by atoms with Gasteiger partial charge in [-0.15, -0.1) is 0 Å². The zero-order chi connectivity index (χ0) is 23.0. The zero-order valence-electron chi connectivity index (χ0n) is 21.0. The fraction of sp³-hybridized carbons (Fsp3) is 0.897. The fourth-order valence-electron chi connectivity index (χ4n) is 8.65. The van der Waals surface area contributed by atoms with Crippen LogP contribution in [0.15, 0.2) is 11.6 Å². The van der Waals surface area contributed by atoms with Crippen LogP contribution in [0.2, 0.25) is 0 Å². The molecule has 32 heavy (non-hydrogen) atoms. The predicted molar refractivity (Wildman–Crippen MR) is 130 cm³/mol. The number of aliphatic hydroxyl groups is 2. The van der Waals surface area contributed by atoms with Crippen LogP contribution in [0, 0.1) is 34.5 Å². The summed E-state index contributed by atoms with van der Waals surface area (Å²) >= 11 is 0. The van der Waals surface area contributed by atoms with E-state index < -0.39 is 5.60 Å². The maximum absolute atomic E-state index is 12.3. The van der Waals surface area contributed by atoms with Crippen molar-refractivity contribution in [3.63, 3.8) is 0 Å². The Morgan fingerprint density at radius 1 is 0.906 bits per heavy atom. The Hall–Kier alpha value is -0.670. The Kier molecular flexibility index (Phi) is 7.28. The summed E-state index contributed by atoms with van der Waals surface area (Å²) in [6.07, 6.45) is 19.3. The molecular formula is C29H48O3. The van der Waals surface area contributed by atoms with E-state index in [-0.39, 0.29) is 10.8 Å². The smallest absolute Gasteiger partial charge is 0.155 e. The minimum Gasteiger partial charge on any atom is -0.396 e. The number of fused-ring (bicyclic) bond motifs is 5. The lowest BCUT2D eigenvalue weighted by molar-refractivity contribution is -0.135. The van der Waals surface area contributed by atoms with Crippen LogP contribution >= 0.6 is 0 Å². The number of hydrogen-bond donors (Lipinski definition) is 2. The lowest BCUT2D eigenvalue weighted by Gasteiger charge is -2.61. The van der Waals surface area contributed by atoms with Crippen LogP contribution in [0.5, 0.6) is 0 Å². The van der Waals surface area contributed by atoms with Crippen LogP contribution < -0.4 is 0 Å². The van der Waals surface area contributed by atoms with E-state index in [2.05, 4.69) is 20.8 Å². The van der Waals surface area contributed by atoms with Gasteiger partial charge in [0.15, 0.2) is 5.78 Å². The first-order valence-electron chi connectivity index (χ1n) is 13.8. The van der Waals surface area contributed by atoms with Gasteiger partial charge in [0.1, 0.15) is 0 Å². The summed E-state index contributed by atoms with van der Waals surface area (Å²) in [5.74, 6) is 3.06. The molecule has 4 rings (SSSR count). The van der Waals surface area contributed by atoms with Crippen molar-refractivity contribution in [2.75, 3.05) is 6.61 Å². The third-order valence-corrected chi connectivity index (χ3v) is 10.9. The maximum atomic E-state index is 12.3. The van der Waals surface area contributed by atoms with Gasteiger partial charge in [0.2, 0.25) is 0 Å². The van der Waals surface area contributed by atoms with Gasteiger partial charge in [-0.25, -0.2) is 0 Å². The van der Waals surface area contributed by atoms with E-state index in [0.717, 1.165) is 44.9 Å². The van der Waals surface area contributed by atoms with Gasteiger partial charge in [-0.3, -0.25) is 4.79 Å². The van der Waals surface area contributed by atoms with E-state index in [4.69, 9.17) is 5.11 Å². The molecule has 3 heteroatoms. The van der Waals surface area contributed by atoms with Crippen LogP contribution in [0.25, 0.3) is 0 Å². The molecule has 0 amide bonds. The fourth-order valence-corrected chi connectivity index (χ4v) is 8.65. The van der Waals surface area contributed by atoms with Crippen molar-refractivity contribution in [2.45, 2.75) is 123 Å². The maximum Gasteiger partial charge on any atom is 0.155 e. The van der Waals surface area contributed by atoms with E-state index in [0.29, 0.717) is 36.1 Å². The van der Waals surface area contributed by atoms with Gasteiger partial charge < -0.3 is 10.2 Å². The average molecular weight is 445 g/mol. The topological polar surface area (TPSA) is 57.5 Å². The van der Waals surface area contributed by atoms with Crippen molar-refractivity contribution in [1.82, 2.24) is 0 Å². The first-order valence-corrected chi connectivity index (χ1v) is 13.8. The zero-order valence-corrected chi connectivity index (χ0v) is 21.0. The first kappa shape index (κ1) is 24.5. The normalized spacial score (nSPS) is 43.4. The Labute approximate surface area is 196 Å². The van der Waals surface area contributed by atoms with Crippen molar-refractivity contribution in [2.24, 2.45) is 34.5 Å². The van der Waals surface area contributed by atoms with Gasteiger partial charge in [0.25, 0.3) is 0 Å². The molecule has 0 aromatic rings. The SMILES string of the molecule is C[C@]12CCC(=O)C=C1C[C@@H](CCCCCCCCCO)[C@@H]1[C@@H]2CC[C@@]2(C)[C@H]1CC[C@]2(C)O. The predicted octanol–water partition coefficient (Wildman–Crippen LogP) is 6.61. The molecule has 0 unspecified atom stereocenters. The number of hydrogen-bond acceptors (Lipinski definition) is 3. The molecule has 7 atom stereocenters. The van der Waals surface area contributed by atoms with E-state index >= 15 is 0 Å². The van der Waals surface area contributed by atoms with Gasteiger partial charge in [-0.05, 0) is 98.9 Å². The third-order valence-electron chi connectivity index (χ3n) is 10.9. The minimum atomic E-state index is -0.526. The van der Waals surface area contributed by atoms with E-state index in [1.54, 1.807) is 0 Å². The van der Waals surface area contributed by atoms with Gasteiger partial charge in [0.05, 0.1) is 5.60 Å². The van der Waals surface area contributed by atoms with E-state index in [1.807, 2.05) is 6.08 Å². The highest BCUT2D eigenvalue weighted by molar-refractivity contribution is 5.91. The van der Waals surface area contributed by atoms with Gasteiger partial charge in [0, 0.05) is 13.0 Å². The second-order valence-electron chi connectivity index (χ2n) is 12.6. The molecule has 0 aliphatic heterocycles. The molecule has 0 radical (unpaired) electrons. The summed E-state index contributed by atoms with van der Waals surface area (Å²) in [4.78, 5) is 12.3. The molecule has 0 saturated heterocycles. The minimum absolute atomic E-state index is 0.0567. The Morgan fingerprint density at radius 3 is 2.28 bits per heavy atom. The average Bonchev–Trinajstić information content (AvgIpc) is 3.00. The van der Waals surface area contributed by atoms with E-state index in [1.165, 1.54) is 56.9 Å². The van der Waals surface area contributed by atoms with Crippen LogP contribution in [0.1, 0.15) is 117 Å². The summed E-state index contributed by atoms with van der Waals surface area (Å²) < 4.78 is 0. The molecule has 0 spiro atoms. The van der Waals surface area contributed by atoms with Gasteiger partial charge >= 0.3 is 0 Å². The molecular weight excluding hydrogens is 396 g/mol. The summed E-state index contributed by atoms with van der Waals surface area (Å²) in [5.41, 5.74) is 1.21. The summed E-state index contributed by atoms with van der Waals surface area (Å²) in [6.45, 7) is 7.30. The molecule has 0 heterocycles. The summed E-state index contributed by atoms with van der Waals surface area (Å²) in [7, 11) is 0. The van der Waals surface area contributed by atoms with Crippen molar-refractivity contribution < 1.29 is 15.0 Å². The first-order chi connectivity index (χ1) is 15.2. The van der Waals surface area contributed by atoms with Crippen LogP contribution in [-0.4, -0.2) is 28.2 Å². The lowest BCUT2D eigenvalue weighted by atomic mass is 9.44. The molecule has 3 saturated carbocycles.